The molecule has 1 aromatic rings. The highest BCUT2D eigenvalue weighted by Gasteiger charge is 2.34. The Hall–Kier alpha value is -2.05. The molecule has 0 bridgehead atoms. The summed E-state index contributed by atoms with van der Waals surface area (Å²) in [6.45, 7) is 8.11. The normalized spacial score (nSPS) is 12.5. The summed E-state index contributed by atoms with van der Waals surface area (Å²) in [5, 5.41) is 19.1. The predicted octanol–water partition coefficient (Wildman–Crippen LogP) is 1.25. The van der Waals surface area contributed by atoms with Crippen LogP contribution in [0, 0.1) is 6.92 Å². The molecule has 0 saturated heterocycles. The molecule has 4 N–H and O–H groups in total. The topological polar surface area (TPSA) is 106 Å². The highest BCUT2D eigenvalue weighted by atomic mass is 16.4. The number of aryl methyl sites for hydroxylation is 2. The van der Waals surface area contributed by atoms with Crippen LogP contribution >= 0.6 is 0 Å². The molecular weight excluding hydrogens is 258 g/mol. The van der Waals surface area contributed by atoms with Gasteiger partial charge in [-0.15, -0.1) is 0 Å². The van der Waals surface area contributed by atoms with Gasteiger partial charge >= 0.3 is 0 Å². The maximum absolute atomic E-state index is 12.4. The minimum Gasteiger partial charge on any atom is -0.409 e. The van der Waals surface area contributed by atoms with Gasteiger partial charge in [0.25, 0.3) is 5.91 Å². The number of oxime groups is 1. The first-order valence-corrected chi connectivity index (χ1v) is 6.79. The third-order valence-electron chi connectivity index (χ3n) is 3.59. The highest BCUT2D eigenvalue weighted by molar-refractivity contribution is 5.99. The molecule has 1 rings (SSSR count). The number of carbonyl (C=O) groups excluding carboxylic acids is 1. The molecule has 0 spiro atoms. The predicted molar refractivity (Wildman–Crippen MR) is 76.8 cm³/mol. The van der Waals surface area contributed by atoms with Crippen molar-refractivity contribution in [1.82, 2.24) is 15.1 Å². The smallest absolute Gasteiger partial charge is 0.270 e. The van der Waals surface area contributed by atoms with Crippen LogP contribution in [-0.2, 0) is 6.54 Å². The van der Waals surface area contributed by atoms with E-state index in [2.05, 4.69) is 15.6 Å². The molecule has 7 heteroatoms. The SMILES string of the molecule is CCn1nc(C)cc1C(=O)NC(CC)(CC)C(N)=NO. The second kappa shape index (κ2) is 6.40. The van der Waals surface area contributed by atoms with Crippen LogP contribution in [0.1, 0.15) is 49.8 Å². The Morgan fingerprint density at radius 1 is 1.50 bits per heavy atom. The van der Waals surface area contributed by atoms with Gasteiger partial charge in [-0.25, -0.2) is 0 Å². The Balaban J connectivity index is 3.08. The number of nitrogens with one attached hydrogen (secondary N) is 1. The maximum Gasteiger partial charge on any atom is 0.270 e. The van der Waals surface area contributed by atoms with Crippen LogP contribution < -0.4 is 11.1 Å². The van der Waals surface area contributed by atoms with Crippen molar-refractivity contribution in [3.63, 3.8) is 0 Å². The van der Waals surface area contributed by atoms with Gasteiger partial charge in [0.1, 0.15) is 11.2 Å². The molecular formula is C13H23N5O2. The second-order valence-electron chi connectivity index (χ2n) is 4.72. The molecule has 7 nitrogen and oxygen atoms in total. The van der Waals surface area contributed by atoms with Crippen LogP contribution in [0.5, 0.6) is 0 Å². The van der Waals surface area contributed by atoms with E-state index in [1.54, 1.807) is 10.7 Å². The van der Waals surface area contributed by atoms with Gasteiger partial charge in [-0.1, -0.05) is 19.0 Å². The monoisotopic (exact) mass is 281 g/mol. The van der Waals surface area contributed by atoms with E-state index < -0.39 is 5.54 Å². The Kier molecular flexibility index (Phi) is 5.12. The van der Waals surface area contributed by atoms with Crippen molar-refractivity contribution in [3.8, 4) is 0 Å². The van der Waals surface area contributed by atoms with Gasteiger partial charge in [-0.05, 0) is 32.8 Å². The van der Waals surface area contributed by atoms with Crippen LogP contribution in [0.4, 0.5) is 0 Å². The number of hydrogen-bond acceptors (Lipinski definition) is 4. The molecule has 1 aromatic heterocycles. The van der Waals surface area contributed by atoms with E-state index in [0.29, 0.717) is 25.1 Å². The van der Waals surface area contributed by atoms with Crippen LogP contribution in [0.2, 0.25) is 0 Å². The van der Waals surface area contributed by atoms with Crippen LogP contribution in [-0.4, -0.2) is 32.3 Å². The zero-order valence-electron chi connectivity index (χ0n) is 12.5. The molecule has 0 aliphatic carbocycles. The summed E-state index contributed by atoms with van der Waals surface area (Å²) >= 11 is 0. The summed E-state index contributed by atoms with van der Waals surface area (Å²) in [7, 11) is 0. The molecule has 20 heavy (non-hydrogen) atoms. The molecule has 1 heterocycles. The first kappa shape index (κ1) is 16.0. The minimum atomic E-state index is -0.845. The highest BCUT2D eigenvalue weighted by Crippen LogP contribution is 2.17. The largest absolute Gasteiger partial charge is 0.409 e. The number of aromatic nitrogens is 2. The van der Waals surface area contributed by atoms with E-state index in [4.69, 9.17) is 10.9 Å². The fourth-order valence-corrected chi connectivity index (χ4v) is 2.20. The number of hydrogen-bond donors (Lipinski definition) is 3. The molecule has 0 aromatic carbocycles. The van der Waals surface area contributed by atoms with Gasteiger partial charge in [-0.2, -0.15) is 5.10 Å². The first-order valence-electron chi connectivity index (χ1n) is 6.79. The lowest BCUT2D eigenvalue weighted by atomic mass is 9.91. The number of nitrogens with two attached hydrogens (primary N) is 1. The Bertz CT molecular complexity index is 503. The van der Waals surface area contributed by atoms with Crippen LogP contribution in [0.3, 0.4) is 0 Å². The zero-order valence-corrected chi connectivity index (χ0v) is 12.5. The van der Waals surface area contributed by atoms with Gasteiger partial charge in [0.2, 0.25) is 0 Å². The van der Waals surface area contributed by atoms with Gasteiger partial charge in [-0.3, -0.25) is 9.48 Å². The standard InChI is InChI=1S/C13H23N5O2/c1-5-13(6-2,12(14)17-20)15-11(19)10-8-9(4)16-18(10)7-3/h8,20H,5-7H2,1-4H3,(H2,14,17)(H,15,19). The van der Waals surface area contributed by atoms with E-state index >= 15 is 0 Å². The zero-order chi connectivity index (χ0) is 15.3. The average molecular weight is 281 g/mol. The van der Waals surface area contributed by atoms with Crippen LogP contribution in [0.25, 0.3) is 0 Å². The van der Waals surface area contributed by atoms with Crippen molar-refractivity contribution < 1.29 is 10.0 Å². The lowest BCUT2D eigenvalue weighted by Gasteiger charge is -2.31. The van der Waals surface area contributed by atoms with E-state index in [1.807, 2.05) is 27.7 Å². The fraction of sp³-hybridized carbons (Fsp3) is 0.615. The Labute approximate surface area is 118 Å². The summed E-state index contributed by atoms with van der Waals surface area (Å²) in [6, 6.07) is 1.72. The quantitative estimate of drug-likeness (QED) is 0.316. The van der Waals surface area contributed by atoms with Crippen molar-refractivity contribution in [2.75, 3.05) is 0 Å². The first-order chi connectivity index (χ1) is 9.43. The van der Waals surface area contributed by atoms with Crippen molar-refractivity contribution in [2.24, 2.45) is 10.9 Å². The summed E-state index contributed by atoms with van der Waals surface area (Å²) in [5.41, 5.74) is 6.14. The number of amidine groups is 1. The Morgan fingerprint density at radius 2 is 2.10 bits per heavy atom. The van der Waals surface area contributed by atoms with Crippen molar-refractivity contribution in [3.05, 3.63) is 17.5 Å². The number of amides is 1. The summed E-state index contributed by atoms with van der Waals surface area (Å²) in [5.74, 6) is -0.266. The maximum atomic E-state index is 12.4. The molecule has 0 radical (unpaired) electrons. The summed E-state index contributed by atoms with van der Waals surface area (Å²) in [4.78, 5) is 12.4. The van der Waals surface area contributed by atoms with E-state index in [-0.39, 0.29) is 11.7 Å². The molecule has 0 aliphatic heterocycles. The third-order valence-corrected chi connectivity index (χ3v) is 3.59. The lowest BCUT2D eigenvalue weighted by Crippen LogP contribution is -2.57. The van der Waals surface area contributed by atoms with Crippen molar-refractivity contribution in [2.45, 2.75) is 52.6 Å². The minimum absolute atomic E-state index is 0.00938. The van der Waals surface area contributed by atoms with E-state index in [0.717, 1.165) is 5.69 Å². The third kappa shape index (κ3) is 2.92. The van der Waals surface area contributed by atoms with Gasteiger partial charge in [0.05, 0.1) is 5.69 Å². The van der Waals surface area contributed by atoms with Crippen LogP contribution in [0.15, 0.2) is 11.2 Å². The molecule has 1 amide bonds. The number of nitrogens with zero attached hydrogens (tertiary/aromatic N) is 3. The molecule has 0 unspecified atom stereocenters. The van der Waals surface area contributed by atoms with Crippen molar-refractivity contribution in [1.29, 1.82) is 0 Å². The number of carbonyl (C=O) groups is 1. The Morgan fingerprint density at radius 3 is 2.55 bits per heavy atom. The fourth-order valence-electron chi connectivity index (χ4n) is 2.20. The average Bonchev–Trinajstić information content (AvgIpc) is 2.85. The van der Waals surface area contributed by atoms with Gasteiger partial charge in [0.15, 0.2) is 5.84 Å². The van der Waals surface area contributed by atoms with Gasteiger partial charge in [0, 0.05) is 6.54 Å². The van der Waals surface area contributed by atoms with Gasteiger partial charge < -0.3 is 16.3 Å². The van der Waals surface area contributed by atoms with E-state index in [9.17, 15) is 4.79 Å². The van der Waals surface area contributed by atoms with E-state index in [1.165, 1.54) is 0 Å². The van der Waals surface area contributed by atoms with Crippen molar-refractivity contribution >= 4 is 11.7 Å². The second-order valence-corrected chi connectivity index (χ2v) is 4.72. The molecule has 0 atom stereocenters. The molecule has 0 aliphatic rings. The summed E-state index contributed by atoms with van der Waals surface area (Å²) in [6.07, 6.45) is 1.06. The molecule has 0 fully saturated rings. The summed E-state index contributed by atoms with van der Waals surface area (Å²) < 4.78 is 1.63. The molecule has 112 valence electrons. The lowest BCUT2D eigenvalue weighted by molar-refractivity contribution is 0.0907. The molecule has 0 saturated carbocycles. The number of rotatable bonds is 6.